The lowest BCUT2D eigenvalue weighted by Crippen LogP contribution is -2.61. The van der Waals surface area contributed by atoms with Gasteiger partial charge in [0.2, 0.25) is 0 Å². The molecule has 1 atom stereocenters. The highest BCUT2D eigenvalue weighted by molar-refractivity contribution is 7.86. The van der Waals surface area contributed by atoms with Crippen LogP contribution in [0.5, 0.6) is 0 Å². The van der Waals surface area contributed by atoms with Crippen molar-refractivity contribution in [1.82, 2.24) is 14.5 Å². The van der Waals surface area contributed by atoms with Gasteiger partial charge in [-0.2, -0.15) is 12.7 Å². The highest BCUT2D eigenvalue weighted by atomic mass is 32.2. The van der Waals surface area contributed by atoms with Gasteiger partial charge in [-0.3, -0.25) is 4.90 Å². The molecule has 0 radical (unpaired) electrons. The number of nitrogens with two attached hydrogens (primary N) is 1. The lowest BCUT2D eigenvalue weighted by Gasteiger charge is -2.42. The van der Waals surface area contributed by atoms with Gasteiger partial charge in [-0.05, 0) is 13.0 Å². The van der Waals surface area contributed by atoms with Crippen LogP contribution in [0.3, 0.4) is 0 Å². The number of nitrogens with zero attached hydrogens (tertiary/aromatic N) is 2. The summed E-state index contributed by atoms with van der Waals surface area (Å²) in [5, 5.41) is 8.34. The predicted octanol–water partition coefficient (Wildman–Crippen LogP) is -1.87. The van der Waals surface area contributed by atoms with Crippen molar-refractivity contribution < 1.29 is 8.42 Å². The fourth-order valence-electron chi connectivity index (χ4n) is 1.85. The molecular formula is C7H16N4O2S. The van der Waals surface area contributed by atoms with E-state index in [-0.39, 0.29) is 0 Å². The molecule has 2 aliphatic heterocycles. The Morgan fingerprint density at radius 1 is 1.21 bits per heavy atom. The van der Waals surface area contributed by atoms with E-state index in [1.807, 2.05) is 0 Å². The third-order valence-electron chi connectivity index (χ3n) is 2.87. The molecule has 0 spiro atoms. The molecular weight excluding hydrogens is 204 g/mol. The molecule has 0 bridgehead atoms. The summed E-state index contributed by atoms with van der Waals surface area (Å²) in [6.45, 7) is 3.64. The molecule has 0 aromatic rings. The van der Waals surface area contributed by atoms with Crippen LogP contribution in [0, 0.1) is 0 Å². The number of nitrogens with one attached hydrogen (secondary N) is 1. The minimum Gasteiger partial charge on any atom is -0.302 e. The lowest BCUT2D eigenvalue weighted by atomic mass is 10.1. The maximum atomic E-state index is 11.0. The Morgan fingerprint density at radius 2 is 1.79 bits per heavy atom. The van der Waals surface area contributed by atoms with Crippen molar-refractivity contribution >= 4 is 10.2 Å². The highest BCUT2D eigenvalue weighted by Gasteiger charge is 2.30. The van der Waals surface area contributed by atoms with Gasteiger partial charge in [0.05, 0.1) is 6.17 Å². The topological polar surface area (TPSA) is 78.7 Å². The Balaban J connectivity index is 1.85. The van der Waals surface area contributed by atoms with Gasteiger partial charge in [0, 0.05) is 26.2 Å². The molecule has 2 aliphatic rings. The van der Waals surface area contributed by atoms with E-state index >= 15 is 0 Å². The molecule has 2 rings (SSSR count). The molecule has 2 heterocycles. The zero-order valence-corrected chi connectivity index (χ0v) is 8.83. The Morgan fingerprint density at radius 3 is 2.14 bits per heavy atom. The number of hydrogen-bond acceptors (Lipinski definition) is 4. The van der Waals surface area contributed by atoms with Crippen LogP contribution in [0.15, 0.2) is 0 Å². The highest BCUT2D eigenvalue weighted by Crippen LogP contribution is 2.12. The largest absolute Gasteiger partial charge is 0.302 e. The zero-order valence-electron chi connectivity index (χ0n) is 8.02. The quantitative estimate of drug-likeness (QED) is 0.571. The molecule has 0 amide bonds. The van der Waals surface area contributed by atoms with Crippen LogP contribution in [0.1, 0.15) is 6.42 Å². The van der Waals surface area contributed by atoms with Gasteiger partial charge in [-0.15, -0.1) is 0 Å². The van der Waals surface area contributed by atoms with E-state index in [9.17, 15) is 8.42 Å². The molecule has 0 saturated carbocycles. The van der Waals surface area contributed by atoms with Crippen LogP contribution in [-0.4, -0.2) is 56.5 Å². The first-order valence-electron chi connectivity index (χ1n) is 4.83. The molecule has 82 valence electrons. The second-order valence-electron chi connectivity index (χ2n) is 3.74. The van der Waals surface area contributed by atoms with E-state index in [2.05, 4.69) is 10.2 Å². The van der Waals surface area contributed by atoms with E-state index in [0.717, 1.165) is 26.1 Å². The van der Waals surface area contributed by atoms with Gasteiger partial charge in [0.1, 0.15) is 0 Å². The van der Waals surface area contributed by atoms with E-state index < -0.39 is 10.2 Å². The molecule has 14 heavy (non-hydrogen) atoms. The number of hydrogen-bond donors (Lipinski definition) is 2. The molecule has 6 nitrogen and oxygen atoms in total. The average Bonchev–Trinajstić information content (AvgIpc) is 2.00. The summed E-state index contributed by atoms with van der Waals surface area (Å²) in [4.78, 5) is 2.27. The maximum absolute atomic E-state index is 11.0. The average molecular weight is 220 g/mol. The second kappa shape index (κ2) is 3.74. The summed E-state index contributed by atoms with van der Waals surface area (Å²) in [6, 6.07) is 0. The van der Waals surface area contributed by atoms with Crippen LogP contribution in [0.4, 0.5) is 0 Å². The summed E-state index contributed by atoms with van der Waals surface area (Å²) in [7, 11) is -3.48. The monoisotopic (exact) mass is 220 g/mol. The Kier molecular flexibility index (Phi) is 2.76. The molecule has 1 unspecified atom stereocenters. The molecule has 2 saturated heterocycles. The molecule has 7 heteroatoms. The van der Waals surface area contributed by atoms with E-state index in [1.54, 1.807) is 0 Å². The molecule has 2 fully saturated rings. The fourth-order valence-corrected chi connectivity index (χ4v) is 2.53. The zero-order chi connectivity index (χ0) is 10.2. The Hall–Kier alpha value is -0.210. The first kappa shape index (κ1) is 10.3. The standard InChI is InChI=1S/C7H16N4O2S/c8-14(12,13)11-5-3-10(4-6-11)7-1-2-9-7/h7,9H,1-6H2,(H2,8,12,13). The van der Waals surface area contributed by atoms with Crippen molar-refractivity contribution in [3.63, 3.8) is 0 Å². The van der Waals surface area contributed by atoms with Gasteiger partial charge < -0.3 is 5.32 Å². The van der Waals surface area contributed by atoms with Crippen LogP contribution in [0.25, 0.3) is 0 Å². The molecule has 0 aromatic heterocycles. The summed E-state index contributed by atoms with van der Waals surface area (Å²) < 4.78 is 23.4. The van der Waals surface area contributed by atoms with Crippen LogP contribution in [-0.2, 0) is 10.2 Å². The van der Waals surface area contributed by atoms with Crippen molar-refractivity contribution in [3.05, 3.63) is 0 Å². The van der Waals surface area contributed by atoms with Gasteiger partial charge in [0.25, 0.3) is 10.2 Å². The Bertz CT molecular complexity index is 293. The first-order chi connectivity index (χ1) is 6.57. The SMILES string of the molecule is NS(=O)(=O)N1CCN(C2CCN2)CC1. The van der Waals surface area contributed by atoms with Crippen molar-refractivity contribution in [2.45, 2.75) is 12.6 Å². The van der Waals surface area contributed by atoms with Crippen LogP contribution < -0.4 is 10.5 Å². The van der Waals surface area contributed by atoms with Crippen molar-refractivity contribution in [3.8, 4) is 0 Å². The minimum atomic E-state index is -3.48. The van der Waals surface area contributed by atoms with Crippen molar-refractivity contribution in [2.24, 2.45) is 5.14 Å². The van der Waals surface area contributed by atoms with Crippen LogP contribution >= 0.6 is 0 Å². The molecule has 0 aromatic carbocycles. The fraction of sp³-hybridized carbons (Fsp3) is 1.00. The Labute approximate surface area is 84.2 Å². The van der Waals surface area contributed by atoms with Gasteiger partial charge >= 0.3 is 0 Å². The summed E-state index contributed by atoms with van der Waals surface area (Å²) >= 11 is 0. The lowest BCUT2D eigenvalue weighted by molar-refractivity contribution is 0.0746. The van der Waals surface area contributed by atoms with Gasteiger partial charge in [-0.1, -0.05) is 0 Å². The third kappa shape index (κ3) is 2.06. The smallest absolute Gasteiger partial charge is 0.276 e. The maximum Gasteiger partial charge on any atom is 0.276 e. The van der Waals surface area contributed by atoms with Gasteiger partial charge in [-0.25, -0.2) is 5.14 Å². The summed E-state index contributed by atoms with van der Waals surface area (Å²) in [5.41, 5.74) is 0. The second-order valence-corrected chi connectivity index (χ2v) is 5.28. The van der Waals surface area contributed by atoms with Crippen LogP contribution in [0.2, 0.25) is 0 Å². The van der Waals surface area contributed by atoms with E-state index in [0.29, 0.717) is 19.3 Å². The third-order valence-corrected chi connectivity index (χ3v) is 3.96. The molecule has 3 N–H and O–H groups in total. The minimum absolute atomic E-state index is 0.456. The van der Waals surface area contributed by atoms with E-state index in [4.69, 9.17) is 5.14 Å². The number of rotatable bonds is 2. The summed E-state index contributed by atoms with van der Waals surface area (Å²) in [5.74, 6) is 0. The van der Waals surface area contributed by atoms with Crippen molar-refractivity contribution in [1.29, 1.82) is 0 Å². The van der Waals surface area contributed by atoms with E-state index in [1.165, 1.54) is 4.31 Å². The first-order valence-corrected chi connectivity index (χ1v) is 6.33. The normalized spacial score (nSPS) is 31.4. The van der Waals surface area contributed by atoms with Crippen molar-refractivity contribution in [2.75, 3.05) is 32.7 Å². The van der Waals surface area contributed by atoms with Gasteiger partial charge in [0.15, 0.2) is 0 Å². The molecule has 0 aliphatic carbocycles. The predicted molar refractivity (Wildman–Crippen MR) is 52.7 cm³/mol. The number of piperazine rings is 1. The summed E-state index contributed by atoms with van der Waals surface area (Å²) in [6.07, 6.45) is 1.62.